The zero-order valence-corrected chi connectivity index (χ0v) is 16.4. The highest BCUT2D eigenvalue weighted by atomic mass is 16.6. The number of nitrogens with zero attached hydrogens (tertiary/aromatic N) is 3. The monoisotopic (exact) mass is 401 g/mol. The van der Waals surface area contributed by atoms with E-state index in [0.717, 1.165) is 47.0 Å². The third-order valence-corrected chi connectivity index (χ3v) is 5.25. The van der Waals surface area contributed by atoms with Crippen molar-refractivity contribution in [3.63, 3.8) is 0 Å². The van der Waals surface area contributed by atoms with Crippen molar-refractivity contribution in [2.24, 2.45) is 0 Å². The Morgan fingerprint density at radius 3 is 2.90 bits per heavy atom. The fourth-order valence-electron chi connectivity index (χ4n) is 3.84. The van der Waals surface area contributed by atoms with E-state index in [4.69, 9.17) is 19.0 Å². The number of para-hydroxylation sites is 1. The highest BCUT2D eigenvalue weighted by Crippen LogP contribution is 2.30. The van der Waals surface area contributed by atoms with Gasteiger partial charge < -0.3 is 14.0 Å². The third-order valence-electron chi connectivity index (χ3n) is 5.25. The van der Waals surface area contributed by atoms with E-state index in [-0.39, 0.29) is 12.5 Å². The molecule has 0 amide bonds. The standard InChI is InChI=1S/C23H19N3O4/c1-28-15-7-4-6-14(12-15)22-25-20(30-26-22)13-29-23(27)21-16-8-2-3-10-18(16)24-19-11-5-9-17(19)21/h2-4,6-8,10,12H,5,9,11,13H2,1H3. The quantitative estimate of drug-likeness (QED) is 0.465. The molecular weight excluding hydrogens is 382 g/mol. The lowest BCUT2D eigenvalue weighted by Gasteiger charge is -2.11. The number of methoxy groups -OCH3 is 1. The van der Waals surface area contributed by atoms with Gasteiger partial charge in [0.15, 0.2) is 6.61 Å². The van der Waals surface area contributed by atoms with Gasteiger partial charge in [0.1, 0.15) is 5.75 Å². The highest BCUT2D eigenvalue weighted by Gasteiger charge is 2.25. The smallest absolute Gasteiger partial charge is 0.339 e. The van der Waals surface area contributed by atoms with Gasteiger partial charge in [0.05, 0.1) is 18.2 Å². The van der Waals surface area contributed by atoms with Crippen LogP contribution in [0.2, 0.25) is 0 Å². The number of benzene rings is 2. The lowest BCUT2D eigenvalue weighted by atomic mass is 10.0. The largest absolute Gasteiger partial charge is 0.497 e. The number of esters is 1. The number of carbonyl (C=O) groups excluding carboxylic acids is 1. The van der Waals surface area contributed by atoms with Crippen LogP contribution < -0.4 is 4.74 Å². The Labute approximate surface area is 172 Å². The fraction of sp³-hybridized carbons (Fsp3) is 0.217. The van der Waals surface area contributed by atoms with Gasteiger partial charge in [-0.15, -0.1) is 0 Å². The first-order chi connectivity index (χ1) is 14.7. The molecule has 7 nitrogen and oxygen atoms in total. The van der Waals surface area contributed by atoms with E-state index in [2.05, 4.69) is 10.1 Å². The summed E-state index contributed by atoms with van der Waals surface area (Å²) in [6.45, 7) is -0.0960. The number of aromatic nitrogens is 3. The van der Waals surface area contributed by atoms with Crippen LogP contribution in [0.5, 0.6) is 5.75 Å². The number of pyridine rings is 1. The molecule has 0 spiro atoms. The Bertz CT molecular complexity index is 1250. The molecule has 0 N–H and O–H groups in total. The first kappa shape index (κ1) is 18.3. The van der Waals surface area contributed by atoms with Crippen LogP contribution >= 0.6 is 0 Å². The third kappa shape index (κ3) is 3.28. The Hall–Kier alpha value is -3.74. The maximum atomic E-state index is 13.0. The van der Waals surface area contributed by atoms with Gasteiger partial charge in [0, 0.05) is 16.6 Å². The summed E-state index contributed by atoms with van der Waals surface area (Å²) in [7, 11) is 1.60. The molecular formula is C23H19N3O4. The summed E-state index contributed by atoms with van der Waals surface area (Å²) in [4.78, 5) is 22.0. The number of fused-ring (bicyclic) bond motifs is 2. The molecule has 0 saturated carbocycles. The van der Waals surface area contributed by atoms with Gasteiger partial charge in [-0.1, -0.05) is 35.5 Å². The van der Waals surface area contributed by atoms with Crippen molar-refractivity contribution in [1.82, 2.24) is 15.1 Å². The highest BCUT2D eigenvalue weighted by molar-refractivity contribution is 6.05. The molecule has 0 fully saturated rings. The molecule has 5 rings (SSSR count). The number of carbonyl (C=O) groups is 1. The molecule has 0 unspecified atom stereocenters. The molecule has 30 heavy (non-hydrogen) atoms. The van der Waals surface area contributed by atoms with E-state index in [0.29, 0.717) is 17.1 Å². The Kier molecular flexibility index (Phi) is 4.63. The van der Waals surface area contributed by atoms with E-state index in [1.807, 2.05) is 48.5 Å². The number of hydrogen-bond acceptors (Lipinski definition) is 7. The van der Waals surface area contributed by atoms with E-state index in [1.165, 1.54) is 0 Å². The van der Waals surface area contributed by atoms with Crippen LogP contribution in [-0.2, 0) is 24.2 Å². The average molecular weight is 401 g/mol. The summed E-state index contributed by atoms with van der Waals surface area (Å²) in [5.74, 6) is 0.947. The number of rotatable bonds is 5. The Morgan fingerprint density at radius 2 is 2.00 bits per heavy atom. The number of aryl methyl sites for hydroxylation is 1. The van der Waals surface area contributed by atoms with Crippen molar-refractivity contribution in [2.45, 2.75) is 25.9 Å². The van der Waals surface area contributed by atoms with Crippen LogP contribution in [0.25, 0.3) is 22.3 Å². The van der Waals surface area contributed by atoms with E-state index in [9.17, 15) is 4.79 Å². The normalized spacial score (nSPS) is 12.7. The van der Waals surface area contributed by atoms with Gasteiger partial charge in [-0.3, -0.25) is 4.98 Å². The maximum absolute atomic E-state index is 13.0. The first-order valence-electron chi connectivity index (χ1n) is 9.77. The van der Waals surface area contributed by atoms with Crippen LogP contribution in [0, 0.1) is 0 Å². The van der Waals surface area contributed by atoms with Crippen LogP contribution in [-0.4, -0.2) is 28.2 Å². The molecule has 150 valence electrons. The Balaban J connectivity index is 1.38. The van der Waals surface area contributed by atoms with Crippen molar-refractivity contribution in [3.8, 4) is 17.1 Å². The molecule has 7 heteroatoms. The zero-order valence-electron chi connectivity index (χ0n) is 16.4. The van der Waals surface area contributed by atoms with E-state index >= 15 is 0 Å². The molecule has 0 bridgehead atoms. The fourth-order valence-corrected chi connectivity index (χ4v) is 3.84. The van der Waals surface area contributed by atoms with Crippen molar-refractivity contribution < 1.29 is 18.8 Å². The predicted octanol–water partition coefficient (Wildman–Crippen LogP) is 4.14. The first-order valence-corrected chi connectivity index (χ1v) is 9.77. The lowest BCUT2D eigenvalue weighted by molar-refractivity contribution is 0.0431. The molecule has 2 aromatic heterocycles. The summed E-state index contributed by atoms with van der Waals surface area (Å²) in [6.07, 6.45) is 2.71. The molecule has 2 aromatic carbocycles. The minimum atomic E-state index is -0.395. The molecule has 1 aliphatic rings. The SMILES string of the molecule is COc1cccc(-c2noc(COC(=O)c3c4c(nc5ccccc35)CCC4)n2)c1. The Morgan fingerprint density at radius 1 is 1.10 bits per heavy atom. The van der Waals surface area contributed by atoms with Crippen molar-refractivity contribution in [2.75, 3.05) is 7.11 Å². The summed E-state index contributed by atoms with van der Waals surface area (Å²) >= 11 is 0. The van der Waals surface area contributed by atoms with E-state index < -0.39 is 5.97 Å². The molecule has 4 aromatic rings. The summed E-state index contributed by atoms with van der Waals surface area (Å²) in [5.41, 5.74) is 4.14. The molecule has 2 heterocycles. The summed E-state index contributed by atoms with van der Waals surface area (Å²) in [5, 5.41) is 4.79. The lowest BCUT2D eigenvalue weighted by Crippen LogP contribution is -2.10. The van der Waals surface area contributed by atoms with E-state index in [1.54, 1.807) is 7.11 Å². The maximum Gasteiger partial charge on any atom is 0.339 e. The minimum absolute atomic E-state index is 0.0960. The van der Waals surface area contributed by atoms with Gasteiger partial charge in [-0.25, -0.2) is 4.79 Å². The average Bonchev–Trinajstić information content (AvgIpc) is 3.45. The van der Waals surface area contributed by atoms with Crippen LogP contribution in [0.4, 0.5) is 0 Å². The zero-order chi connectivity index (χ0) is 20.5. The summed E-state index contributed by atoms with van der Waals surface area (Å²) in [6, 6.07) is 15.0. The minimum Gasteiger partial charge on any atom is -0.497 e. The van der Waals surface area contributed by atoms with Gasteiger partial charge in [-0.2, -0.15) is 4.98 Å². The van der Waals surface area contributed by atoms with Crippen molar-refractivity contribution >= 4 is 16.9 Å². The second kappa shape index (κ2) is 7.59. The van der Waals surface area contributed by atoms with Crippen molar-refractivity contribution in [3.05, 3.63) is 71.2 Å². The molecule has 0 aliphatic heterocycles. The second-order valence-corrected chi connectivity index (χ2v) is 7.10. The number of ether oxygens (including phenoxy) is 2. The molecule has 1 aliphatic carbocycles. The van der Waals surface area contributed by atoms with Gasteiger partial charge in [0.25, 0.3) is 5.89 Å². The predicted molar refractivity (Wildman–Crippen MR) is 109 cm³/mol. The second-order valence-electron chi connectivity index (χ2n) is 7.10. The van der Waals surface area contributed by atoms with Gasteiger partial charge in [-0.05, 0) is 43.0 Å². The van der Waals surface area contributed by atoms with Crippen molar-refractivity contribution in [1.29, 1.82) is 0 Å². The topological polar surface area (TPSA) is 87.3 Å². The molecule has 0 saturated heterocycles. The summed E-state index contributed by atoms with van der Waals surface area (Å²) < 4.78 is 16.0. The van der Waals surface area contributed by atoms with Crippen LogP contribution in [0.15, 0.2) is 53.1 Å². The number of hydrogen-bond donors (Lipinski definition) is 0. The molecule has 0 radical (unpaired) electrons. The van der Waals surface area contributed by atoms with Crippen LogP contribution in [0.3, 0.4) is 0 Å². The molecule has 0 atom stereocenters. The van der Waals surface area contributed by atoms with Crippen LogP contribution in [0.1, 0.15) is 33.9 Å². The van der Waals surface area contributed by atoms with Gasteiger partial charge >= 0.3 is 5.97 Å². The van der Waals surface area contributed by atoms with Gasteiger partial charge in [0.2, 0.25) is 5.82 Å².